The zero-order valence-electron chi connectivity index (χ0n) is 11.6. The van der Waals surface area contributed by atoms with E-state index >= 15 is 0 Å². The molecule has 0 aromatic carbocycles. The second kappa shape index (κ2) is 4.49. The van der Waals surface area contributed by atoms with Crippen molar-refractivity contribution < 1.29 is 9.90 Å². The lowest BCUT2D eigenvalue weighted by molar-refractivity contribution is -0.131. The van der Waals surface area contributed by atoms with Gasteiger partial charge in [0.05, 0.1) is 11.1 Å². The third kappa shape index (κ3) is 2.86. The predicted octanol–water partition coefficient (Wildman–Crippen LogP) is 1.32. The molecule has 4 N–H and O–H groups in total. The lowest BCUT2D eigenvalue weighted by Gasteiger charge is -2.42. The van der Waals surface area contributed by atoms with Crippen molar-refractivity contribution in [2.45, 2.75) is 69.9 Å². The van der Waals surface area contributed by atoms with Gasteiger partial charge in [-0.15, -0.1) is 0 Å². The van der Waals surface area contributed by atoms with Crippen LogP contribution in [0.1, 0.15) is 58.8 Å². The fourth-order valence-corrected chi connectivity index (χ4v) is 2.77. The molecule has 0 radical (unpaired) electrons. The van der Waals surface area contributed by atoms with Gasteiger partial charge in [0.25, 0.3) is 0 Å². The van der Waals surface area contributed by atoms with Crippen LogP contribution in [-0.2, 0) is 4.79 Å². The number of hydrogen-bond acceptors (Lipinski definition) is 3. The summed E-state index contributed by atoms with van der Waals surface area (Å²) in [7, 11) is 0. The molecule has 104 valence electrons. The average molecular weight is 254 g/mol. The number of carbonyl (C=O) groups is 1. The molecular weight excluding hydrogens is 228 g/mol. The molecule has 2 aliphatic carbocycles. The number of nitrogens with one attached hydrogen (secondary N) is 1. The summed E-state index contributed by atoms with van der Waals surface area (Å²) >= 11 is 0. The van der Waals surface area contributed by atoms with Crippen molar-refractivity contribution >= 4 is 5.91 Å². The van der Waals surface area contributed by atoms with Gasteiger partial charge in [-0.05, 0) is 50.4 Å². The molecule has 0 heterocycles. The van der Waals surface area contributed by atoms with Crippen LogP contribution in [-0.4, -0.2) is 28.7 Å². The highest BCUT2D eigenvalue weighted by Crippen LogP contribution is 2.40. The van der Waals surface area contributed by atoms with Crippen molar-refractivity contribution in [1.82, 2.24) is 5.32 Å². The summed E-state index contributed by atoms with van der Waals surface area (Å²) in [6.07, 6.45) is 6.10. The molecular formula is C14H26N2O2. The molecule has 0 aromatic heterocycles. The molecule has 0 aromatic rings. The zero-order chi connectivity index (χ0) is 13.4. The second-order valence-corrected chi connectivity index (χ2v) is 7.08. The van der Waals surface area contributed by atoms with Crippen LogP contribution in [0.15, 0.2) is 0 Å². The minimum absolute atomic E-state index is 0.0907. The molecule has 1 amide bonds. The van der Waals surface area contributed by atoms with E-state index in [-0.39, 0.29) is 5.91 Å². The Labute approximate surface area is 109 Å². The van der Waals surface area contributed by atoms with E-state index in [0.717, 1.165) is 44.9 Å². The molecule has 4 heteroatoms. The zero-order valence-corrected chi connectivity index (χ0v) is 11.6. The summed E-state index contributed by atoms with van der Waals surface area (Å²) in [6.45, 7) is 4.81. The molecule has 0 atom stereocenters. The smallest absolute Gasteiger partial charge is 0.240 e. The molecule has 4 nitrogen and oxygen atoms in total. The summed E-state index contributed by atoms with van der Waals surface area (Å²) in [4.78, 5) is 11.9. The van der Waals surface area contributed by atoms with Gasteiger partial charge >= 0.3 is 0 Å². The second-order valence-electron chi connectivity index (χ2n) is 7.08. The first-order valence-electron chi connectivity index (χ1n) is 7.04. The van der Waals surface area contributed by atoms with E-state index in [9.17, 15) is 9.90 Å². The van der Waals surface area contributed by atoms with Crippen LogP contribution < -0.4 is 11.1 Å². The molecule has 2 aliphatic rings. The lowest BCUT2D eigenvalue weighted by atomic mass is 9.71. The van der Waals surface area contributed by atoms with E-state index in [1.807, 2.05) is 0 Å². The Kier molecular flexibility index (Phi) is 3.45. The number of nitrogens with two attached hydrogens (primary N) is 1. The topological polar surface area (TPSA) is 75.3 Å². The summed E-state index contributed by atoms with van der Waals surface area (Å²) < 4.78 is 0. The predicted molar refractivity (Wildman–Crippen MR) is 71.0 cm³/mol. The highest BCUT2D eigenvalue weighted by molar-refractivity contribution is 5.87. The largest absolute Gasteiger partial charge is 0.388 e. The standard InChI is InChI=1S/C14H26N2O2/c1-12(2)6-8-13(18,9-7-12)10-16-11(17)14(15)4-3-5-14/h18H,3-10,15H2,1-2H3,(H,16,17). The first kappa shape index (κ1) is 13.8. The number of rotatable bonds is 3. The first-order chi connectivity index (χ1) is 8.25. The Morgan fingerprint density at radius 1 is 1.17 bits per heavy atom. The van der Waals surface area contributed by atoms with Crippen LogP contribution in [0.2, 0.25) is 0 Å². The normalized spacial score (nSPS) is 28.2. The van der Waals surface area contributed by atoms with Crippen molar-refractivity contribution in [3.05, 3.63) is 0 Å². The third-order valence-corrected chi connectivity index (χ3v) is 4.81. The molecule has 0 saturated heterocycles. The Morgan fingerprint density at radius 3 is 2.17 bits per heavy atom. The van der Waals surface area contributed by atoms with Gasteiger partial charge in [0.1, 0.15) is 0 Å². The van der Waals surface area contributed by atoms with E-state index in [1.54, 1.807) is 0 Å². The van der Waals surface area contributed by atoms with E-state index < -0.39 is 11.1 Å². The SMILES string of the molecule is CC1(C)CCC(O)(CNC(=O)C2(N)CCC2)CC1. The number of carbonyl (C=O) groups excluding carboxylic acids is 1. The van der Waals surface area contributed by atoms with Crippen LogP contribution >= 0.6 is 0 Å². The number of amides is 1. The Balaban J connectivity index is 1.81. The van der Waals surface area contributed by atoms with Gasteiger partial charge in [0, 0.05) is 6.54 Å². The summed E-state index contributed by atoms with van der Waals surface area (Å²) in [5.41, 5.74) is 4.88. The van der Waals surface area contributed by atoms with Crippen LogP contribution in [0.3, 0.4) is 0 Å². The Bertz CT molecular complexity index is 325. The quantitative estimate of drug-likeness (QED) is 0.711. The molecule has 2 saturated carbocycles. The first-order valence-corrected chi connectivity index (χ1v) is 7.04. The highest BCUT2D eigenvalue weighted by atomic mass is 16.3. The maximum atomic E-state index is 11.9. The van der Waals surface area contributed by atoms with Gasteiger partial charge in [0.2, 0.25) is 5.91 Å². The van der Waals surface area contributed by atoms with Crippen molar-refractivity contribution in [2.75, 3.05) is 6.54 Å². The van der Waals surface area contributed by atoms with Gasteiger partial charge in [-0.25, -0.2) is 0 Å². The molecule has 18 heavy (non-hydrogen) atoms. The Hall–Kier alpha value is -0.610. The van der Waals surface area contributed by atoms with E-state index in [4.69, 9.17) is 5.73 Å². The van der Waals surface area contributed by atoms with Crippen molar-refractivity contribution in [3.63, 3.8) is 0 Å². The van der Waals surface area contributed by atoms with Gasteiger partial charge in [-0.2, -0.15) is 0 Å². The van der Waals surface area contributed by atoms with E-state index in [2.05, 4.69) is 19.2 Å². The van der Waals surface area contributed by atoms with E-state index in [1.165, 1.54) is 0 Å². The highest BCUT2D eigenvalue weighted by Gasteiger charge is 2.42. The summed E-state index contributed by atoms with van der Waals surface area (Å²) in [6, 6.07) is 0. The molecule has 0 bridgehead atoms. The van der Waals surface area contributed by atoms with Crippen molar-refractivity contribution in [1.29, 1.82) is 0 Å². The monoisotopic (exact) mass is 254 g/mol. The summed E-state index contributed by atoms with van der Waals surface area (Å²) in [5, 5.41) is 13.3. The molecule has 2 fully saturated rings. The van der Waals surface area contributed by atoms with Crippen LogP contribution in [0.25, 0.3) is 0 Å². The fourth-order valence-electron chi connectivity index (χ4n) is 2.77. The van der Waals surface area contributed by atoms with Crippen LogP contribution in [0, 0.1) is 5.41 Å². The Morgan fingerprint density at radius 2 is 1.72 bits per heavy atom. The van der Waals surface area contributed by atoms with Gasteiger partial charge in [0.15, 0.2) is 0 Å². The van der Waals surface area contributed by atoms with Gasteiger partial charge in [-0.3, -0.25) is 4.79 Å². The number of hydrogen-bond donors (Lipinski definition) is 3. The molecule has 0 spiro atoms. The van der Waals surface area contributed by atoms with Crippen LogP contribution in [0.5, 0.6) is 0 Å². The fraction of sp³-hybridized carbons (Fsp3) is 0.929. The maximum Gasteiger partial charge on any atom is 0.240 e. The van der Waals surface area contributed by atoms with Crippen molar-refractivity contribution in [3.8, 4) is 0 Å². The maximum absolute atomic E-state index is 11.9. The molecule has 0 unspecified atom stereocenters. The number of aliphatic hydroxyl groups is 1. The van der Waals surface area contributed by atoms with Crippen molar-refractivity contribution in [2.24, 2.45) is 11.1 Å². The third-order valence-electron chi connectivity index (χ3n) is 4.81. The van der Waals surface area contributed by atoms with Gasteiger partial charge < -0.3 is 16.2 Å². The lowest BCUT2D eigenvalue weighted by Crippen LogP contribution is -2.60. The minimum atomic E-state index is -0.731. The summed E-state index contributed by atoms with van der Waals surface area (Å²) in [5.74, 6) is -0.0907. The minimum Gasteiger partial charge on any atom is -0.388 e. The average Bonchev–Trinajstić information content (AvgIpc) is 2.28. The molecule has 2 rings (SSSR count). The van der Waals surface area contributed by atoms with E-state index in [0.29, 0.717) is 12.0 Å². The molecule has 0 aliphatic heterocycles. The van der Waals surface area contributed by atoms with Crippen LogP contribution in [0.4, 0.5) is 0 Å². The van der Waals surface area contributed by atoms with Gasteiger partial charge in [-0.1, -0.05) is 13.8 Å².